The Bertz CT molecular complexity index is 531. The SMILES string of the molecule is OCC1(CNCc2ccc(-c3ccccc3)s2)CC1. The molecule has 0 spiro atoms. The van der Waals surface area contributed by atoms with Crippen LogP contribution >= 0.6 is 11.3 Å². The molecular weight excluding hydrogens is 254 g/mol. The number of aliphatic hydroxyl groups is 1. The highest BCUT2D eigenvalue weighted by Gasteiger charge is 2.41. The zero-order valence-electron chi connectivity index (χ0n) is 10.9. The van der Waals surface area contributed by atoms with E-state index in [4.69, 9.17) is 0 Å². The van der Waals surface area contributed by atoms with Crippen LogP contribution in [0.15, 0.2) is 42.5 Å². The fourth-order valence-corrected chi connectivity index (χ4v) is 3.23. The lowest BCUT2D eigenvalue weighted by molar-refractivity contribution is 0.207. The Balaban J connectivity index is 1.57. The second-order valence-electron chi connectivity index (χ2n) is 5.39. The molecule has 19 heavy (non-hydrogen) atoms. The molecule has 3 heteroatoms. The van der Waals surface area contributed by atoms with Crippen LogP contribution in [0, 0.1) is 5.41 Å². The first-order chi connectivity index (χ1) is 9.31. The second kappa shape index (κ2) is 5.45. The summed E-state index contributed by atoms with van der Waals surface area (Å²) < 4.78 is 0. The number of benzene rings is 1. The van der Waals surface area contributed by atoms with Crippen LogP contribution in [0.25, 0.3) is 10.4 Å². The molecule has 1 aromatic carbocycles. The van der Waals surface area contributed by atoms with Crippen molar-refractivity contribution in [2.75, 3.05) is 13.2 Å². The average Bonchev–Trinajstić information content (AvgIpc) is 3.09. The van der Waals surface area contributed by atoms with E-state index >= 15 is 0 Å². The largest absolute Gasteiger partial charge is 0.396 e. The van der Waals surface area contributed by atoms with E-state index in [1.54, 1.807) is 0 Å². The predicted octanol–water partition coefficient (Wildman–Crippen LogP) is 3.28. The molecule has 2 nitrogen and oxygen atoms in total. The summed E-state index contributed by atoms with van der Waals surface area (Å²) in [5, 5.41) is 12.7. The summed E-state index contributed by atoms with van der Waals surface area (Å²) in [5.74, 6) is 0. The first-order valence-corrected chi connectivity index (χ1v) is 7.59. The van der Waals surface area contributed by atoms with Crippen LogP contribution in [-0.4, -0.2) is 18.3 Å². The summed E-state index contributed by atoms with van der Waals surface area (Å²) in [6.45, 7) is 2.15. The Morgan fingerprint density at radius 1 is 1.11 bits per heavy atom. The van der Waals surface area contributed by atoms with Gasteiger partial charge in [-0.3, -0.25) is 0 Å². The van der Waals surface area contributed by atoms with Gasteiger partial charge in [-0.2, -0.15) is 0 Å². The summed E-state index contributed by atoms with van der Waals surface area (Å²) in [6.07, 6.45) is 2.33. The van der Waals surface area contributed by atoms with Crippen molar-refractivity contribution in [3.8, 4) is 10.4 Å². The van der Waals surface area contributed by atoms with E-state index in [0.717, 1.165) is 25.9 Å². The topological polar surface area (TPSA) is 32.3 Å². The number of nitrogens with one attached hydrogen (secondary N) is 1. The van der Waals surface area contributed by atoms with Crippen molar-refractivity contribution in [1.82, 2.24) is 5.32 Å². The van der Waals surface area contributed by atoms with E-state index in [2.05, 4.69) is 41.7 Å². The highest BCUT2D eigenvalue weighted by atomic mass is 32.1. The molecule has 1 aromatic heterocycles. The molecule has 1 fully saturated rings. The molecule has 0 aliphatic heterocycles. The maximum absolute atomic E-state index is 9.27. The molecule has 1 aliphatic rings. The number of thiophene rings is 1. The summed E-state index contributed by atoms with van der Waals surface area (Å²) >= 11 is 1.84. The van der Waals surface area contributed by atoms with Crippen molar-refractivity contribution < 1.29 is 5.11 Å². The van der Waals surface area contributed by atoms with Gasteiger partial charge in [0.1, 0.15) is 0 Å². The summed E-state index contributed by atoms with van der Waals surface area (Å²) in [5.41, 5.74) is 1.48. The maximum Gasteiger partial charge on any atom is 0.0499 e. The van der Waals surface area contributed by atoms with Crippen molar-refractivity contribution in [2.24, 2.45) is 5.41 Å². The normalized spacial score (nSPS) is 16.5. The minimum Gasteiger partial charge on any atom is -0.396 e. The lowest BCUT2D eigenvalue weighted by Crippen LogP contribution is -2.25. The molecule has 2 aromatic rings. The fraction of sp³-hybridized carbons (Fsp3) is 0.375. The average molecular weight is 273 g/mol. The molecule has 0 atom stereocenters. The van der Waals surface area contributed by atoms with Crippen LogP contribution in [0.1, 0.15) is 17.7 Å². The van der Waals surface area contributed by atoms with E-state index in [1.807, 2.05) is 17.4 Å². The summed E-state index contributed by atoms with van der Waals surface area (Å²) in [4.78, 5) is 2.67. The van der Waals surface area contributed by atoms with Crippen LogP contribution in [0.2, 0.25) is 0 Å². The van der Waals surface area contributed by atoms with Gasteiger partial charge in [0, 0.05) is 34.9 Å². The molecule has 2 N–H and O–H groups in total. The smallest absolute Gasteiger partial charge is 0.0499 e. The van der Waals surface area contributed by atoms with Gasteiger partial charge in [0.2, 0.25) is 0 Å². The molecule has 0 amide bonds. The monoisotopic (exact) mass is 273 g/mol. The van der Waals surface area contributed by atoms with Crippen molar-refractivity contribution in [3.63, 3.8) is 0 Å². The Morgan fingerprint density at radius 2 is 1.89 bits per heavy atom. The molecular formula is C16H19NOS. The summed E-state index contributed by atoms with van der Waals surface area (Å²) in [7, 11) is 0. The van der Waals surface area contributed by atoms with Gasteiger partial charge < -0.3 is 10.4 Å². The van der Waals surface area contributed by atoms with E-state index in [9.17, 15) is 5.11 Å². The van der Waals surface area contributed by atoms with Crippen LogP contribution in [0.4, 0.5) is 0 Å². The quantitative estimate of drug-likeness (QED) is 0.846. The van der Waals surface area contributed by atoms with Crippen molar-refractivity contribution in [2.45, 2.75) is 19.4 Å². The van der Waals surface area contributed by atoms with E-state index in [0.29, 0.717) is 6.61 Å². The third-order valence-electron chi connectivity index (χ3n) is 3.81. The Morgan fingerprint density at radius 3 is 2.58 bits per heavy atom. The van der Waals surface area contributed by atoms with Gasteiger partial charge >= 0.3 is 0 Å². The van der Waals surface area contributed by atoms with E-state index in [1.165, 1.54) is 15.3 Å². The zero-order valence-corrected chi connectivity index (χ0v) is 11.7. The number of rotatable bonds is 6. The van der Waals surface area contributed by atoms with Gasteiger partial charge in [-0.05, 0) is 30.5 Å². The molecule has 1 saturated carbocycles. The molecule has 0 saturated heterocycles. The van der Waals surface area contributed by atoms with Crippen LogP contribution in [-0.2, 0) is 6.54 Å². The van der Waals surface area contributed by atoms with Crippen LogP contribution < -0.4 is 5.32 Å². The van der Waals surface area contributed by atoms with Crippen molar-refractivity contribution in [1.29, 1.82) is 0 Å². The van der Waals surface area contributed by atoms with Crippen molar-refractivity contribution in [3.05, 3.63) is 47.3 Å². The van der Waals surface area contributed by atoms with Crippen LogP contribution in [0.3, 0.4) is 0 Å². The fourth-order valence-electron chi connectivity index (χ4n) is 2.25. The lowest BCUT2D eigenvalue weighted by Gasteiger charge is -2.11. The van der Waals surface area contributed by atoms with E-state index < -0.39 is 0 Å². The molecule has 100 valence electrons. The minimum atomic E-state index is 0.194. The highest BCUT2D eigenvalue weighted by molar-refractivity contribution is 7.15. The van der Waals surface area contributed by atoms with Gasteiger partial charge in [-0.15, -0.1) is 11.3 Å². The molecule has 0 bridgehead atoms. The van der Waals surface area contributed by atoms with Crippen molar-refractivity contribution >= 4 is 11.3 Å². The third kappa shape index (κ3) is 3.06. The number of hydrogen-bond acceptors (Lipinski definition) is 3. The third-order valence-corrected chi connectivity index (χ3v) is 4.95. The van der Waals surface area contributed by atoms with Gasteiger partial charge in [0.25, 0.3) is 0 Å². The van der Waals surface area contributed by atoms with Gasteiger partial charge in [0.15, 0.2) is 0 Å². The standard InChI is InChI=1S/C16H19NOS/c18-12-16(8-9-16)11-17-10-14-6-7-15(19-14)13-4-2-1-3-5-13/h1-7,17-18H,8-12H2. The van der Waals surface area contributed by atoms with Gasteiger partial charge in [-0.25, -0.2) is 0 Å². The molecule has 3 rings (SSSR count). The Labute approximate surface area is 118 Å². The Kier molecular flexibility index (Phi) is 3.69. The predicted molar refractivity (Wildman–Crippen MR) is 80.2 cm³/mol. The number of aliphatic hydroxyl groups excluding tert-OH is 1. The minimum absolute atomic E-state index is 0.194. The zero-order chi connectivity index (χ0) is 13.1. The number of hydrogen-bond donors (Lipinski definition) is 2. The first kappa shape index (κ1) is 12.9. The van der Waals surface area contributed by atoms with E-state index in [-0.39, 0.29) is 5.41 Å². The molecule has 1 aliphatic carbocycles. The second-order valence-corrected chi connectivity index (χ2v) is 6.56. The van der Waals surface area contributed by atoms with Gasteiger partial charge in [0.05, 0.1) is 0 Å². The maximum atomic E-state index is 9.27. The Hall–Kier alpha value is -1.16. The van der Waals surface area contributed by atoms with Gasteiger partial charge in [-0.1, -0.05) is 30.3 Å². The highest BCUT2D eigenvalue weighted by Crippen LogP contribution is 2.44. The summed E-state index contributed by atoms with van der Waals surface area (Å²) in [6, 6.07) is 14.9. The van der Waals surface area contributed by atoms with Crippen LogP contribution in [0.5, 0.6) is 0 Å². The lowest BCUT2D eigenvalue weighted by atomic mass is 10.1. The molecule has 0 unspecified atom stereocenters. The molecule has 1 heterocycles. The first-order valence-electron chi connectivity index (χ1n) is 6.77. The molecule has 0 radical (unpaired) electrons.